The molecule has 2 heterocycles. The molecule has 0 fully saturated rings. The van der Waals surface area contributed by atoms with E-state index in [1.54, 1.807) is 6.08 Å². The molecule has 5 nitrogen and oxygen atoms in total. The average Bonchev–Trinajstić information content (AvgIpc) is 3.11. The van der Waals surface area contributed by atoms with Gasteiger partial charge in [-0.05, 0) is 30.2 Å². The number of aromatic nitrogens is 3. The Bertz CT molecular complexity index is 1150. The van der Waals surface area contributed by atoms with Gasteiger partial charge in [-0.25, -0.2) is 9.97 Å². The van der Waals surface area contributed by atoms with E-state index in [1.165, 1.54) is 5.56 Å². The normalized spacial score (nSPS) is 11.2. The van der Waals surface area contributed by atoms with Crippen molar-refractivity contribution in [3.05, 3.63) is 72.6 Å². The summed E-state index contributed by atoms with van der Waals surface area (Å²) >= 11 is 0. The third-order valence-electron chi connectivity index (χ3n) is 5.08. The third-order valence-corrected chi connectivity index (χ3v) is 5.08. The van der Waals surface area contributed by atoms with Crippen molar-refractivity contribution in [2.75, 3.05) is 12.3 Å². The van der Waals surface area contributed by atoms with E-state index in [-0.39, 0.29) is 0 Å². The zero-order chi connectivity index (χ0) is 20.2. The molecular weight excluding hydrogens is 360 g/mol. The number of unbranched alkanes of at least 4 members (excludes halogenated alkanes) is 1. The molecule has 0 aliphatic rings. The van der Waals surface area contributed by atoms with Crippen LogP contribution in [0, 0.1) is 0 Å². The van der Waals surface area contributed by atoms with E-state index >= 15 is 0 Å². The highest BCUT2D eigenvalue weighted by Crippen LogP contribution is 2.30. The quantitative estimate of drug-likeness (QED) is 0.427. The third kappa shape index (κ3) is 3.81. The van der Waals surface area contributed by atoms with Crippen LogP contribution in [0.5, 0.6) is 5.75 Å². The molecule has 0 amide bonds. The highest BCUT2D eigenvalue weighted by atomic mass is 16.5. The smallest absolute Gasteiger partial charge is 0.152 e. The fourth-order valence-electron chi connectivity index (χ4n) is 3.63. The van der Waals surface area contributed by atoms with Crippen molar-refractivity contribution >= 4 is 27.8 Å². The van der Waals surface area contributed by atoms with Gasteiger partial charge in [0.2, 0.25) is 0 Å². The summed E-state index contributed by atoms with van der Waals surface area (Å²) in [7, 11) is 0. The van der Waals surface area contributed by atoms with Gasteiger partial charge in [-0.2, -0.15) is 0 Å². The number of pyridine rings is 1. The second kappa shape index (κ2) is 8.35. The highest BCUT2D eigenvalue weighted by Gasteiger charge is 2.17. The summed E-state index contributed by atoms with van der Waals surface area (Å²) in [5.74, 6) is 2.39. The zero-order valence-corrected chi connectivity index (χ0v) is 16.8. The number of hydrogen-bond donors (Lipinski definition) is 1. The molecule has 2 aromatic carbocycles. The molecule has 148 valence electrons. The van der Waals surface area contributed by atoms with Crippen molar-refractivity contribution in [3.8, 4) is 5.75 Å². The fourth-order valence-corrected chi connectivity index (χ4v) is 3.63. The van der Waals surface area contributed by atoms with Gasteiger partial charge >= 0.3 is 0 Å². The molecule has 2 aromatic heterocycles. The lowest BCUT2D eigenvalue weighted by Gasteiger charge is -2.12. The number of imidazole rings is 1. The topological polar surface area (TPSA) is 66.0 Å². The summed E-state index contributed by atoms with van der Waals surface area (Å²) in [6.45, 7) is 7.11. The molecule has 29 heavy (non-hydrogen) atoms. The molecule has 4 aromatic rings. The summed E-state index contributed by atoms with van der Waals surface area (Å²) in [5, 5.41) is 1.08. The Morgan fingerprint density at radius 2 is 1.90 bits per heavy atom. The van der Waals surface area contributed by atoms with Crippen molar-refractivity contribution in [3.63, 3.8) is 0 Å². The lowest BCUT2D eigenvalue weighted by molar-refractivity contribution is 0.363. The van der Waals surface area contributed by atoms with Crippen LogP contribution in [-0.4, -0.2) is 21.1 Å². The first-order valence-corrected chi connectivity index (χ1v) is 10.1. The fraction of sp³-hybridized carbons (Fsp3) is 0.250. The maximum atomic E-state index is 6.28. The van der Waals surface area contributed by atoms with Gasteiger partial charge in [0.15, 0.2) is 5.82 Å². The van der Waals surface area contributed by atoms with Crippen LogP contribution in [0.2, 0.25) is 0 Å². The number of aryl methyl sites for hydroxylation is 1. The van der Waals surface area contributed by atoms with Crippen molar-refractivity contribution < 1.29 is 4.74 Å². The Kier molecular flexibility index (Phi) is 5.47. The van der Waals surface area contributed by atoms with Gasteiger partial charge in [0.05, 0.1) is 11.0 Å². The molecule has 0 saturated heterocycles. The van der Waals surface area contributed by atoms with Gasteiger partial charge in [0.25, 0.3) is 0 Å². The Morgan fingerprint density at radius 3 is 2.66 bits per heavy atom. The number of nitrogens with zero attached hydrogens (tertiary/aromatic N) is 3. The summed E-state index contributed by atoms with van der Waals surface area (Å²) in [4.78, 5) is 9.46. The van der Waals surface area contributed by atoms with Crippen LogP contribution < -0.4 is 10.5 Å². The van der Waals surface area contributed by atoms with Crippen LogP contribution in [0.4, 0.5) is 5.82 Å². The zero-order valence-electron chi connectivity index (χ0n) is 16.8. The molecule has 4 rings (SSSR count). The first-order valence-electron chi connectivity index (χ1n) is 10.1. The maximum Gasteiger partial charge on any atom is 0.152 e. The molecule has 0 aliphatic carbocycles. The molecule has 2 N–H and O–H groups in total. The Balaban J connectivity index is 1.81. The predicted octanol–water partition coefficient (Wildman–Crippen LogP) is 5.12. The molecular formula is C24H26N4O. The van der Waals surface area contributed by atoms with E-state index in [2.05, 4.69) is 41.3 Å². The minimum atomic E-state index is 0.489. The van der Waals surface area contributed by atoms with Crippen molar-refractivity contribution in [2.45, 2.75) is 32.7 Å². The number of nitrogen functional groups attached to an aromatic ring is 1. The van der Waals surface area contributed by atoms with Crippen molar-refractivity contribution in [2.24, 2.45) is 0 Å². The van der Waals surface area contributed by atoms with Crippen LogP contribution in [0.3, 0.4) is 0 Å². The number of anilines is 1. The van der Waals surface area contributed by atoms with Crippen LogP contribution >= 0.6 is 0 Å². The molecule has 0 unspecified atom stereocenters. The van der Waals surface area contributed by atoms with Crippen LogP contribution in [0.1, 0.15) is 31.2 Å². The lowest BCUT2D eigenvalue weighted by atomic mass is 10.1. The van der Waals surface area contributed by atoms with E-state index in [9.17, 15) is 0 Å². The van der Waals surface area contributed by atoms with Gasteiger partial charge in [-0.3, -0.25) is 0 Å². The second-order valence-corrected chi connectivity index (χ2v) is 7.17. The highest BCUT2D eigenvalue weighted by molar-refractivity contribution is 6.06. The van der Waals surface area contributed by atoms with Gasteiger partial charge in [-0.15, -0.1) is 0 Å². The first-order chi connectivity index (χ1) is 14.2. The molecule has 0 aliphatic heterocycles. The lowest BCUT2D eigenvalue weighted by Crippen LogP contribution is -2.06. The second-order valence-electron chi connectivity index (χ2n) is 7.17. The van der Waals surface area contributed by atoms with Crippen LogP contribution in [0.25, 0.3) is 21.9 Å². The summed E-state index contributed by atoms with van der Waals surface area (Å²) < 4.78 is 7.90. The van der Waals surface area contributed by atoms with E-state index in [0.29, 0.717) is 12.4 Å². The van der Waals surface area contributed by atoms with E-state index in [1.807, 2.05) is 30.3 Å². The summed E-state index contributed by atoms with van der Waals surface area (Å²) in [5.41, 5.74) is 10.2. The Morgan fingerprint density at radius 1 is 1.10 bits per heavy atom. The van der Waals surface area contributed by atoms with Gasteiger partial charge in [-0.1, -0.05) is 56.3 Å². The molecule has 0 spiro atoms. The monoisotopic (exact) mass is 386 g/mol. The number of benzene rings is 2. The number of ether oxygens (including phenoxy) is 1. The number of fused-ring (bicyclic) bond motifs is 3. The average molecular weight is 386 g/mol. The number of nitrogens with two attached hydrogens (primary N) is 1. The molecule has 0 saturated carbocycles. The van der Waals surface area contributed by atoms with Crippen molar-refractivity contribution in [1.29, 1.82) is 0 Å². The number of rotatable bonds is 8. The summed E-state index contributed by atoms with van der Waals surface area (Å²) in [6.07, 6.45) is 4.87. The minimum Gasteiger partial charge on any atom is -0.490 e. The maximum absolute atomic E-state index is 6.28. The van der Waals surface area contributed by atoms with E-state index in [0.717, 1.165) is 59.3 Å². The molecule has 0 atom stereocenters. The van der Waals surface area contributed by atoms with Gasteiger partial charge < -0.3 is 15.0 Å². The van der Waals surface area contributed by atoms with E-state index in [4.69, 9.17) is 15.5 Å². The number of hydrogen-bond acceptors (Lipinski definition) is 4. The SMILES string of the molecule is C=CCOc1ccc(Cn2c(CCCC)nc3c(N)nc4ccccc4c32)cc1. The van der Waals surface area contributed by atoms with Crippen molar-refractivity contribution in [1.82, 2.24) is 14.5 Å². The Hall–Kier alpha value is -3.34. The number of para-hydroxylation sites is 1. The largest absolute Gasteiger partial charge is 0.490 e. The molecule has 0 radical (unpaired) electrons. The molecule has 5 heteroatoms. The van der Waals surface area contributed by atoms with Crippen LogP contribution in [-0.2, 0) is 13.0 Å². The van der Waals surface area contributed by atoms with Gasteiger partial charge in [0, 0.05) is 18.4 Å². The standard InChI is InChI=1S/C24H26N4O/c1-3-5-10-21-27-22-23(19-8-6-7-9-20(19)26-24(22)25)28(21)16-17-11-13-18(14-12-17)29-15-4-2/h4,6-9,11-14H,2-3,5,10,15-16H2,1H3,(H2,25,26). The van der Waals surface area contributed by atoms with E-state index < -0.39 is 0 Å². The summed E-state index contributed by atoms with van der Waals surface area (Å²) in [6, 6.07) is 16.3. The Labute approximate surface area is 170 Å². The molecule has 0 bridgehead atoms. The van der Waals surface area contributed by atoms with Gasteiger partial charge in [0.1, 0.15) is 23.7 Å². The first kappa shape index (κ1) is 19.0. The minimum absolute atomic E-state index is 0.489. The van der Waals surface area contributed by atoms with Crippen LogP contribution in [0.15, 0.2) is 61.2 Å². The predicted molar refractivity (Wildman–Crippen MR) is 119 cm³/mol.